The third-order valence-corrected chi connectivity index (χ3v) is 3.05. The van der Waals surface area contributed by atoms with Gasteiger partial charge in [-0.25, -0.2) is 14.0 Å². The molecule has 1 aromatic carbocycles. The van der Waals surface area contributed by atoms with Crippen LogP contribution in [0.15, 0.2) is 18.2 Å². The van der Waals surface area contributed by atoms with Crippen molar-refractivity contribution in [3.8, 4) is 17.0 Å². The van der Waals surface area contributed by atoms with Gasteiger partial charge in [0.15, 0.2) is 17.3 Å². The average molecular weight is 308 g/mol. The predicted molar refractivity (Wildman–Crippen MR) is 73.5 cm³/mol. The summed E-state index contributed by atoms with van der Waals surface area (Å²) in [5.74, 6) is -2.98. The number of carboxylic acid groups (broad SMARTS) is 1. The van der Waals surface area contributed by atoms with Crippen LogP contribution in [0.5, 0.6) is 5.75 Å². The van der Waals surface area contributed by atoms with Crippen molar-refractivity contribution in [3.63, 3.8) is 0 Å². The molecule has 22 heavy (non-hydrogen) atoms. The van der Waals surface area contributed by atoms with E-state index >= 15 is 0 Å². The number of benzene rings is 1. The van der Waals surface area contributed by atoms with Crippen LogP contribution < -0.4 is 4.74 Å². The fourth-order valence-electron chi connectivity index (χ4n) is 2.05. The van der Waals surface area contributed by atoms with Crippen molar-refractivity contribution < 1.29 is 28.6 Å². The molecule has 2 aromatic rings. The van der Waals surface area contributed by atoms with Crippen LogP contribution in [0.25, 0.3) is 11.3 Å². The van der Waals surface area contributed by atoms with Crippen LogP contribution in [0.3, 0.4) is 0 Å². The zero-order chi connectivity index (χ0) is 16.4. The number of rotatable bonds is 4. The fourth-order valence-corrected chi connectivity index (χ4v) is 2.05. The SMILES string of the molecule is COC(=O)c1cc(-c2cc(C(=O)O)nn2C)cc(F)c1OC. The Labute approximate surface area is 124 Å². The molecular weight excluding hydrogens is 295 g/mol. The summed E-state index contributed by atoms with van der Waals surface area (Å²) < 4.78 is 24.9. The number of aryl methyl sites for hydroxylation is 1. The highest BCUT2D eigenvalue weighted by atomic mass is 19.1. The van der Waals surface area contributed by atoms with Crippen LogP contribution >= 0.6 is 0 Å². The number of aromatic nitrogens is 2. The first-order chi connectivity index (χ1) is 10.4. The van der Waals surface area contributed by atoms with E-state index in [1.165, 1.54) is 38.1 Å². The lowest BCUT2D eigenvalue weighted by atomic mass is 10.1. The van der Waals surface area contributed by atoms with E-state index in [-0.39, 0.29) is 22.6 Å². The normalized spacial score (nSPS) is 10.4. The highest BCUT2D eigenvalue weighted by Crippen LogP contribution is 2.30. The molecule has 2 rings (SSSR count). The van der Waals surface area contributed by atoms with Gasteiger partial charge in [-0.1, -0.05) is 0 Å². The van der Waals surface area contributed by atoms with Gasteiger partial charge in [-0.05, 0) is 18.2 Å². The lowest BCUT2D eigenvalue weighted by Crippen LogP contribution is -2.06. The first-order valence-electron chi connectivity index (χ1n) is 6.12. The molecule has 0 spiro atoms. The van der Waals surface area contributed by atoms with E-state index in [1.54, 1.807) is 0 Å². The van der Waals surface area contributed by atoms with Crippen LogP contribution in [-0.2, 0) is 11.8 Å². The van der Waals surface area contributed by atoms with Crippen LogP contribution in [0.1, 0.15) is 20.8 Å². The Bertz CT molecular complexity index is 754. The lowest BCUT2D eigenvalue weighted by molar-refractivity contribution is 0.0595. The molecule has 8 heteroatoms. The topological polar surface area (TPSA) is 90.7 Å². The minimum atomic E-state index is -1.20. The maximum atomic E-state index is 14.1. The van der Waals surface area contributed by atoms with Crippen molar-refractivity contribution in [3.05, 3.63) is 35.3 Å². The Morgan fingerprint density at radius 1 is 1.27 bits per heavy atom. The van der Waals surface area contributed by atoms with Gasteiger partial charge in [0.05, 0.1) is 19.9 Å². The van der Waals surface area contributed by atoms with E-state index in [2.05, 4.69) is 9.84 Å². The third kappa shape index (κ3) is 2.62. The van der Waals surface area contributed by atoms with E-state index in [0.29, 0.717) is 5.69 Å². The average Bonchev–Trinajstić information content (AvgIpc) is 2.87. The zero-order valence-corrected chi connectivity index (χ0v) is 12.1. The summed E-state index contributed by atoms with van der Waals surface area (Å²) in [5.41, 5.74) is 0.330. The number of methoxy groups -OCH3 is 2. The maximum absolute atomic E-state index is 14.1. The molecule has 0 bridgehead atoms. The second-order valence-corrected chi connectivity index (χ2v) is 4.37. The standard InChI is InChI=1S/C14H13FN2O5/c1-17-11(6-10(16-17)13(18)19)7-4-8(14(20)22-3)12(21-2)9(15)5-7/h4-6H,1-3H3,(H,18,19). The minimum Gasteiger partial charge on any atom is -0.493 e. The molecular formula is C14H13FN2O5. The molecule has 1 N–H and O–H groups in total. The van der Waals surface area contributed by atoms with Crippen molar-refractivity contribution >= 4 is 11.9 Å². The van der Waals surface area contributed by atoms with Crippen molar-refractivity contribution in [2.75, 3.05) is 14.2 Å². The number of nitrogens with zero attached hydrogens (tertiary/aromatic N) is 2. The van der Waals surface area contributed by atoms with Gasteiger partial charge in [0.25, 0.3) is 0 Å². The highest BCUT2D eigenvalue weighted by Gasteiger charge is 2.21. The summed E-state index contributed by atoms with van der Waals surface area (Å²) in [7, 11) is 3.91. The van der Waals surface area contributed by atoms with Gasteiger partial charge in [-0.3, -0.25) is 4.68 Å². The van der Waals surface area contributed by atoms with Crippen molar-refractivity contribution in [2.24, 2.45) is 7.05 Å². The van der Waals surface area contributed by atoms with E-state index in [1.807, 2.05) is 0 Å². The molecule has 0 fully saturated rings. The number of hydrogen-bond donors (Lipinski definition) is 1. The number of carbonyl (C=O) groups is 2. The van der Waals surface area contributed by atoms with E-state index in [4.69, 9.17) is 9.84 Å². The molecule has 1 aromatic heterocycles. The van der Waals surface area contributed by atoms with E-state index in [9.17, 15) is 14.0 Å². The Balaban J connectivity index is 2.64. The second kappa shape index (κ2) is 5.84. The summed E-state index contributed by atoms with van der Waals surface area (Å²) in [6, 6.07) is 3.77. The van der Waals surface area contributed by atoms with Gasteiger partial charge in [0.1, 0.15) is 5.56 Å². The molecule has 0 saturated carbocycles. The number of esters is 1. The molecule has 116 valence electrons. The lowest BCUT2D eigenvalue weighted by Gasteiger charge is -2.10. The third-order valence-electron chi connectivity index (χ3n) is 3.05. The van der Waals surface area contributed by atoms with Crippen LogP contribution in [0.2, 0.25) is 0 Å². The molecule has 0 atom stereocenters. The molecule has 1 heterocycles. The van der Waals surface area contributed by atoms with Crippen LogP contribution in [0.4, 0.5) is 4.39 Å². The summed E-state index contributed by atoms with van der Waals surface area (Å²) in [6.07, 6.45) is 0. The van der Waals surface area contributed by atoms with Gasteiger partial charge in [-0.2, -0.15) is 5.10 Å². The van der Waals surface area contributed by atoms with Gasteiger partial charge in [-0.15, -0.1) is 0 Å². The van der Waals surface area contributed by atoms with Crippen LogP contribution in [-0.4, -0.2) is 41.0 Å². The summed E-state index contributed by atoms with van der Waals surface area (Å²) in [4.78, 5) is 22.7. The zero-order valence-electron chi connectivity index (χ0n) is 12.1. The number of hydrogen-bond acceptors (Lipinski definition) is 5. The Morgan fingerprint density at radius 2 is 1.95 bits per heavy atom. The van der Waals surface area contributed by atoms with Gasteiger partial charge in [0, 0.05) is 12.6 Å². The maximum Gasteiger partial charge on any atom is 0.356 e. The molecule has 0 aliphatic heterocycles. The number of halogens is 1. The quantitative estimate of drug-likeness (QED) is 0.865. The van der Waals surface area contributed by atoms with Crippen molar-refractivity contribution in [2.45, 2.75) is 0 Å². The smallest absolute Gasteiger partial charge is 0.356 e. The first-order valence-corrected chi connectivity index (χ1v) is 6.12. The van der Waals surface area contributed by atoms with Crippen LogP contribution in [0, 0.1) is 5.82 Å². The molecule has 0 aliphatic carbocycles. The number of ether oxygens (including phenoxy) is 2. The molecule has 0 radical (unpaired) electrons. The van der Waals surface area contributed by atoms with Crippen molar-refractivity contribution in [1.29, 1.82) is 0 Å². The fraction of sp³-hybridized carbons (Fsp3) is 0.214. The molecule has 0 saturated heterocycles. The Kier molecular flexibility index (Phi) is 4.11. The number of carboxylic acids is 1. The Morgan fingerprint density at radius 3 is 2.45 bits per heavy atom. The Hall–Kier alpha value is -2.90. The van der Waals surface area contributed by atoms with Gasteiger partial charge in [0.2, 0.25) is 0 Å². The van der Waals surface area contributed by atoms with Gasteiger partial charge < -0.3 is 14.6 Å². The summed E-state index contributed by atoms with van der Waals surface area (Å²) in [5, 5.41) is 12.7. The molecule has 7 nitrogen and oxygen atoms in total. The highest BCUT2D eigenvalue weighted by molar-refractivity contribution is 5.94. The number of carbonyl (C=O) groups excluding carboxylic acids is 1. The van der Waals surface area contributed by atoms with E-state index in [0.717, 1.165) is 6.07 Å². The minimum absolute atomic E-state index is 0.0990. The first kappa shape index (κ1) is 15.5. The number of aromatic carboxylic acids is 1. The molecule has 0 amide bonds. The monoisotopic (exact) mass is 308 g/mol. The second-order valence-electron chi connectivity index (χ2n) is 4.37. The summed E-state index contributed by atoms with van der Waals surface area (Å²) in [6.45, 7) is 0. The van der Waals surface area contributed by atoms with Gasteiger partial charge >= 0.3 is 11.9 Å². The largest absolute Gasteiger partial charge is 0.493 e. The molecule has 0 aliphatic rings. The van der Waals surface area contributed by atoms with Crippen molar-refractivity contribution in [1.82, 2.24) is 9.78 Å². The summed E-state index contributed by atoms with van der Waals surface area (Å²) >= 11 is 0. The predicted octanol–water partition coefficient (Wildman–Crippen LogP) is 1.72. The van der Waals surface area contributed by atoms with E-state index < -0.39 is 17.8 Å². The molecule has 0 unspecified atom stereocenters.